The Bertz CT molecular complexity index is 360. The van der Waals surface area contributed by atoms with Gasteiger partial charge in [0.1, 0.15) is 0 Å². The van der Waals surface area contributed by atoms with Crippen LogP contribution in [0.15, 0.2) is 12.1 Å². The van der Waals surface area contributed by atoms with Crippen molar-refractivity contribution in [3.8, 4) is 0 Å². The third kappa shape index (κ3) is 2.72. The van der Waals surface area contributed by atoms with E-state index in [1.807, 2.05) is 13.8 Å². The summed E-state index contributed by atoms with van der Waals surface area (Å²) in [6.07, 6.45) is 0. The van der Waals surface area contributed by atoms with Crippen LogP contribution in [0.1, 0.15) is 16.7 Å². The van der Waals surface area contributed by atoms with Gasteiger partial charge in [0.2, 0.25) is 0 Å². The molecule has 0 aromatic heterocycles. The van der Waals surface area contributed by atoms with Gasteiger partial charge in [0.25, 0.3) is 0 Å². The van der Waals surface area contributed by atoms with Gasteiger partial charge in [0.05, 0.1) is 0 Å². The van der Waals surface area contributed by atoms with E-state index in [0.29, 0.717) is 0 Å². The highest BCUT2D eigenvalue weighted by Gasteiger charge is 2.08. The molecule has 2 amide bonds. The number of urea groups is 1. The van der Waals surface area contributed by atoms with Crippen molar-refractivity contribution < 1.29 is 4.79 Å². The zero-order chi connectivity index (χ0) is 11.6. The number of aryl methyl sites for hydroxylation is 3. The smallest absolute Gasteiger partial charge is 0.321 e. The van der Waals surface area contributed by atoms with Gasteiger partial charge in [-0.2, -0.15) is 0 Å². The topological polar surface area (TPSA) is 32.3 Å². The van der Waals surface area contributed by atoms with Crippen molar-refractivity contribution in [2.45, 2.75) is 20.8 Å². The molecule has 0 saturated carbocycles. The van der Waals surface area contributed by atoms with Gasteiger partial charge in [-0.3, -0.25) is 0 Å². The minimum absolute atomic E-state index is 0.0925. The summed E-state index contributed by atoms with van der Waals surface area (Å²) in [7, 11) is 3.46. The number of hydrogen-bond donors (Lipinski definition) is 1. The standard InChI is InChI=1S/C12H18N2O/c1-8-6-9(2)11(10(3)7-8)13-12(15)14(4)5/h6-7H,1-5H3,(H,13,15). The number of anilines is 1. The molecule has 0 atom stereocenters. The first-order valence-corrected chi connectivity index (χ1v) is 4.98. The summed E-state index contributed by atoms with van der Waals surface area (Å²) in [6.45, 7) is 6.06. The van der Waals surface area contributed by atoms with Crippen LogP contribution in [0.4, 0.5) is 10.5 Å². The first-order valence-electron chi connectivity index (χ1n) is 4.98. The van der Waals surface area contributed by atoms with E-state index in [1.165, 1.54) is 10.5 Å². The second-order valence-corrected chi connectivity index (χ2v) is 4.10. The molecule has 0 spiro atoms. The number of carbonyl (C=O) groups is 1. The molecular formula is C12H18N2O. The summed E-state index contributed by atoms with van der Waals surface area (Å²) < 4.78 is 0. The summed E-state index contributed by atoms with van der Waals surface area (Å²) in [5.41, 5.74) is 4.33. The van der Waals surface area contributed by atoms with E-state index < -0.39 is 0 Å². The van der Waals surface area contributed by atoms with E-state index >= 15 is 0 Å². The van der Waals surface area contributed by atoms with Gasteiger partial charge in [0.15, 0.2) is 0 Å². The molecule has 0 bridgehead atoms. The molecule has 0 radical (unpaired) electrons. The van der Waals surface area contributed by atoms with Crippen molar-refractivity contribution >= 4 is 11.7 Å². The average Bonchev–Trinajstić information content (AvgIpc) is 2.10. The second kappa shape index (κ2) is 4.34. The molecule has 3 nitrogen and oxygen atoms in total. The minimum atomic E-state index is -0.0925. The van der Waals surface area contributed by atoms with Crippen molar-refractivity contribution in [3.63, 3.8) is 0 Å². The lowest BCUT2D eigenvalue weighted by Crippen LogP contribution is -2.28. The molecule has 1 aromatic carbocycles. The maximum atomic E-state index is 11.5. The molecule has 3 heteroatoms. The van der Waals surface area contributed by atoms with E-state index in [2.05, 4.69) is 24.4 Å². The molecule has 0 saturated heterocycles. The maximum Gasteiger partial charge on any atom is 0.321 e. The second-order valence-electron chi connectivity index (χ2n) is 4.10. The van der Waals surface area contributed by atoms with Gasteiger partial charge in [-0.1, -0.05) is 17.7 Å². The van der Waals surface area contributed by atoms with Crippen LogP contribution in [0, 0.1) is 20.8 Å². The number of rotatable bonds is 1. The Balaban J connectivity index is 3.00. The van der Waals surface area contributed by atoms with Crippen molar-refractivity contribution in [3.05, 3.63) is 28.8 Å². The quantitative estimate of drug-likeness (QED) is 0.752. The Morgan fingerprint density at radius 3 is 2.00 bits per heavy atom. The summed E-state index contributed by atoms with van der Waals surface area (Å²) in [4.78, 5) is 13.0. The zero-order valence-corrected chi connectivity index (χ0v) is 10.0. The Kier molecular flexibility index (Phi) is 3.35. The van der Waals surface area contributed by atoms with E-state index in [9.17, 15) is 4.79 Å². The Morgan fingerprint density at radius 1 is 1.13 bits per heavy atom. The fourth-order valence-corrected chi connectivity index (χ4v) is 1.60. The SMILES string of the molecule is Cc1cc(C)c(NC(=O)N(C)C)c(C)c1. The van der Waals surface area contributed by atoms with E-state index in [1.54, 1.807) is 14.1 Å². The number of amides is 2. The Morgan fingerprint density at radius 2 is 1.60 bits per heavy atom. The molecule has 0 heterocycles. The number of benzene rings is 1. The van der Waals surface area contributed by atoms with Gasteiger partial charge in [0, 0.05) is 19.8 Å². The highest BCUT2D eigenvalue weighted by atomic mass is 16.2. The highest BCUT2D eigenvalue weighted by molar-refractivity contribution is 5.90. The van der Waals surface area contributed by atoms with Crippen molar-refractivity contribution in [1.29, 1.82) is 0 Å². The molecule has 1 N–H and O–H groups in total. The molecule has 0 aliphatic rings. The lowest BCUT2D eigenvalue weighted by Gasteiger charge is -2.16. The fraction of sp³-hybridized carbons (Fsp3) is 0.417. The van der Waals surface area contributed by atoms with Crippen LogP contribution in [-0.4, -0.2) is 25.0 Å². The molecule has 0 aliphatic heterocycles. The first-order chi connectivity index (χ1) is 6.91. The molecule has 0 aliphatic carbocycles. The number of nitrogens with one attached hydrogen (secondary N) is 1. The van der Waals surface area contributed by atoms with E-state index in [4.69, 9.17) is 0 Å². The highest BCUT2D eigenvalue weighted by Crippen LogP contribution is 2.21. The van der Waals surface area contributed by atoms with Gasteiger partial charge in [-0.05, 0) is 31.9 Å². The van der Waals surface area contributed by atoms with Crippen LogP contribution in [0.3, 0.4) is 0 Å². The number of carbonyl (C=O) groups excluding carboxylic acids is 1. The van der Waals surface area contributed by atoms with Crippen LogP contribution in [0.25, 0.3) is 0 Å². The normalized spacial score (nSPS) is 9.93. The van der Waals surface area contributed by atoms with Crippen LogP contribution in [-0.2, 0) is 0 Å². The first kappa shape index (κ1) is 11.6. The predicted molar refractivity (Wildman–Crippen MR) is 63.4 cm³/mol. The summed E-state index contributed by atoms with van der Waals surface area (Å²) in [5.74, 6) is 0. The Hall–Kier alpha value is -1.51. The third-order valence-corrected chi connectivity index (χ3v) is 2.32. The number of hydrogen-bond acceptors (Lipinski definition) is 1. The van der Waals surface area contributed by atoms with Crippen LogP contribution in [0.5, 0.6) is 0 Å². The summed E-state index contributed by atoms with van der Waals surface area (Å²) in [6, 6.07) is 4.04. The molecule has 15 heavy (non-hydrogen) atoms. The Labute approximate surface area is 91.1 Å². The average molecular weight is 206 g/mol. The minimum Gasteiger partial charge on any atom is -0.331 e. The molecule has 0 unspecified atom stereocenters. The maximum absolute atomic E-state index is 11.5. The largest absolute Gasteiger partial charge is 0.331 e. The van der Waals surface area contributed by atoms with Crippen LogP contribution in [0.2, 0.25) is 0 Å². The van der Waals surface area contributed by atoms with Crippen LogP contribution >= 0.6 is 0 Å². The zero-order valence-electron chi connectivity index (χ0n) is 10.0. The van der Waals surface area contributed by atoms with Crippen LogP contribution < -0.4 is 5.32 Å². The van der Waals surface area contributed by atoms with Gasteiger partial charge in [-0.25, -0.2) is 4.79 Å². The molecule has 82 valence electrons. The molecular weight excluding hydrogens is 188 g/mol. The predicted octanol–water partition coefficient (Wildman–Crippen LogP) is 2.71. The fourth-order valence-electron chi connectivity index (χ4n) is 1.60. The lowest BCUT2D eigenvalue weighted by atomic mass is 10.1. The van der Waals surface area contributed by atoms with E-state index in [-0.39, 0.29) is 6.03 Å². The van der Waals surface area contributed by atoms with Crippen molar-refractivity contribution in [1.82, 2.24) is 4.90 Å². The lowest BCUT2D eigenvalue weighted by molar-refractivity contribution is 0.230. The van der Waals surface area contributed by atoms with Gasteiger partial charge < -0.3 is 10.2 Å². The summed E-state index contributed by atoms with van der Waals surface area (Å²) in [5, 5.41) is 2.89. The van der Waals surface area contributed by atoms with E-state index in [0.717, 1.165) is 16.8 Å². The van der Waals surface area contributed by atoms with Gasteiger partial charge in [-0.15, -0.1) is 0 Å². The third-order valence-electron chi connectivity index (χ3n) is 2.32. The number of nitrogens with zero attached hydrogens (tertiary/aromatic N) is 1. The monoisotopic (exact) mass is 206 g/mol. The summed E-state index contributed by atoms with van der Waals surface area (Å²) >= 11 is 0. The molecule has 0 fully saturated rings. The molecule has 1 aromatic rings. The van der Waals surface area contributed by atoms with Crippen molar-refractivity contribution in [2.24, 2.45) is 0 Å². The molecule has 1 rings (SSSR count). The van der Waals surface area contributed by atoms with Gasteiger partial charge >= 0.3 is 6.03 Å². The van der Waals surface area contributed by atoms with Crippen molar-refractivity contribution in [2.75, 3.05) is 19.4 Å².